The molecule has 0 fully saturated rings. The minimum Gasteiger partial charge on any atom is -0.472 e. The van der Waals surface area contributed by atoms with E-state index in [4.69, 9.17) is 4.74 Å². The van der Waals surface area contributed by atoms with Gasteiger partial charge < -0.3 is 14.6 Å². The highest BCUT2D eigenvalue weighted by atomic mass is 79.9. The van der Waals surface area contributed by atoms with Crippen LogP contribution in [0, 0.1) is 0 Å². The summed E-state index contributed by atoms with van der Waals surface area (Å²) in [6.45, 7) is 2.49. The summed E-state index contributed by atoms with van der Waals surface area (Å²) in [6, 6.07) is 16.8. The highest BCUT2D eigenvalue weighted by Gasteiger charge is 2.31. The molecule has 1 aliphatic rings. The predicted octanol–water partition coefficient (Wildman–Crippen LogP) is 3.65. The summed E-state index contributed by atoms with van der Waals surface area (Å²) in [5.41, 5.74) is 1.53. The Morgan fingerprint density at radius 3 is 2.67 bits per heavy atom. The molecule has 1 amide bonds. The number of nitrogens with one attached hydrogen (secondary N) is 1. The number of fused-ring (bicyclic) bond motifs is 3. The first-order valence-electron chi connectivity index (χ1n) is 8.84. The number of amides is 1. The van der Waals surface area contributed by atoms with Gasteiger partial charge in [-0.15, -0.1) is 0 Å². The number of halogens is 1. The average Bonchev–Trinajstić information content (AvgIpc) is 3.13. The van der Waals surface area contributed by atoms with Crippen molar-refractivity contribution in [1.29, 1.82) is 0 Å². The lowest BCUT2D eigenvalue weighted by molar-refractivity contribution is 0.0934. The summed E-state index contributed by atoms with van der Waals surface area (Å²) in [5.74, 6) is -0.0676. The molecule has 1 aromatic heterocycles. The van der Waals surface area contributed by atoms with Crippen molar-refractivity contribution in [3.8, 4) is 5.88 Å². The van der Waals surface area contributed by atoms with Gasteiger partial charge in [0.05, 0.1) is 18.1 Å². The zero-order chi connectivity index (χ0) is 19.0. The lowest BCUT2D eigenvalue weighted by Gasteiger charge is -2.16. The molecule has 2 heterocycles. The normalized spacial score (nSPS) is 16.6. The van der Waals surface area contributed by atoms with Gasteiger partial charge in [-0.3, -0.25) is 9.59 Å². The number of ether oxygens (including phenoxy) is 1. The van der Waals surface area contributed by atoms with Gasteiger partial charge in [-0.1, -0.05) is 58.4 Å². The maximum Gasteiger partial charge on any atom is 0.261 e. The molecule has 0 bridgehead atoms. The third kappa shape index (κ3) is 3.14. The predicted molar refractivity (Wildman–Crippen MR) is 109 cm³/mol. The van der Waals surface area contributed by atoms with Crippen LogP contribution in [0.25, 0.3) is 10.9 Å². The van der Waals surface area contributed by atoms with Crippen molar-refractivity contribution in [2.24, 2.45) is 0 Å². The molecule has 1 aliphatic heterocycles. The maximum atomic E-state index is 13.1. The number of nitrogens with zero attached hydrogens (tertiary/aromatic N) is 1. The molecule has 2 atom stereocenters. The Bertz CT molecular complexity index is 1060. The molecule has 1 N–H and O–H groups in total. The highest BCUT2D eigenvalue weighted by Crippen LogP contribution is 2.30. The van der Waals surface area contributed by atoms with E-state index in [1.54, 1.807) is 6.07 Å². The minimum atomic E-state index is -0.416. The van der Waals surface area contributed by atoms with E-state index in [1.165, 1.54) is 0 Å². The van der Waals surface area contributed by atoms with E-state index in [0.29, 0.717) is 23.1 Å². The molecule has 0 unspecified atom stereocenters. The molecule has 0 saturated heterocycles. The lowest BCUT2D eigenvalue weighted by atomic mass is 10.1. The van der Waals surface area contributed by atoms with Crippen LogP contribution in [-0.4, -0.2) is 21.9 Å². The Hall–Kier alpha value is -2.60. The molecule has 2 aromatic carbocycles. The van der Waals surface area contributed by atoms with E-state index in [-0.39, 0.29) is 23.1 Å². The van der Waals surface area contributed by atoms with Crippen molar-refractivity contribution in [3.05, 3.63) is 75.9 Å². The van der Waals surface area contributed by atoms with Gasteiger partial charge >= 0.3 is 0 Å². The van der Waals surface area contributed by atoms with Crippen molar-refractivity contribution in [2.75, 3.05) is 5.33 Å². The summed E-state index contributed by atoms with van der Waals surface area (Å²) in [4.78, 5) is 26.1. The van der Waals surface area contributed by atoms with Crippen LogP contribution in [0.15, 0.2) is 59.4 Å². The summed E-state index contributed by atoms with van der Waals surface area (Å²) in [6.07, 6.45) is -0.117. The standard InChI is InChI=1S/C21H19BrN2O3/c1-13(14-7-3-2-4-8-14)23-20(26)18-19(25)16-9-5-6-10-17(16)24-12-15(11-22)27-21(18)24/h2-10,13,15H,11-12H2,1H3,(H,23,26)/t13-,15-/m1/s1. The first kappa shape index (κ1) is 17.8. The summed E-state index contributed by atoms with van der Waals surface area (Å²) < 4.78 is 7.86. The van der Waals surface area contributed by atoms with Gasteiger partial charge in [0.15, 0.2) is 0 Å². The molecule has 0 radical (unpaired) electrons. The molecular formula is C21H19BrN2O3. The third-order valence-corrected chi connectivity index (χ3v) is 5.56. The van der Waals surface area contributed by atoms with Gasteiger partial charge in [-0.05, 0) is 24.6 Å². The quantitative estimate of drug-likeness (QED) is 0.647. The lowest BCUT2D eigenvalue weighted by Crippen LogP contribution is -2.32. The number of carbonyl (C=O) groups is 1. The van der Waals surface area contributed by atoms with Crippen LogP contribution >= 0.6 is 15.9 Å². The monoisotopic (exact) mass is 426 g/mol. The zero-order valence-electron chi connectivity index (χ0n) is 14.8. The van der Waals surface area contributed by atoms with Crippen LogP contribution in [0.1, 0.15) is 28.9 Å². The average molecular weight is 427 g/mol. The number of carbonyl (C=O) groups excluding carboxylic acids is 1. The Kier molecular flexibility index (Phi) is 4.74. The van der Waals surface area contributed by atoms with E-state index >= 15 is 0 Å². The largest absolute Gasteiger partial charge is 0.472 e. The van der Waals surface area contributed by atoms with Crippen LogP contribution in [0.4, 0.5) is 0 Å². The number of aromatic nitrogens is 1. The third-order valence-electron chi connectivity index (χ3n) is 4.84. The smallest absolute Gasteiger partial charge is 0.261 e. The van der Waals surface area contributed by atoms with E-state index in [2.05, 4.69) is 21.2 Å². The van der Waals surface area contributed by atoms with E-state index in [0.717, 1.165) is 11.1 Å². The Labute approximate surface area is 165 Å². The minimum absolute atomic E-state index is 0.0694. The van der Waals surface area contributed by atoms with Crippen molar-refractivity contribution in [2.45, 2.75) is 25.6 Å². The molecule has 5 nitrogen and oxygen atoms in total. The van der Waals surface area contributed by atoms with Crippen LogP contribution < -0.4 is 15.5 Å². The van der Waals surface area contributed by atoms with Gasteiger partial charge in [0, 0.05) is 10.7 Å². The maximum absolute atomic E-state index is 13.1. The van der Waals surface area contributed by atoms with Crippen LogP contribution in [0.5, 0.6) is 5.88 Å². The number of alkyl halides is 1. The number of pyridine rings is 1. The Morgan fingerprint density at radius 2 is 1.93 bits per heavy atom. The Morgan fingerprint density at radius 1 is 1.22 bits per heavy atom. The van der Waals surface area contributed by atoms with Crippen LogP contribution in [-0.2, 0) is 6.54 Å². The van der Waals surface area contributed by atoms with Gasteiger partial charge in [-0.25, -0.2) is 0 Å². The first-order valence-corrected chi connectivity index (χ1v) is 9.96. The molecule has 138 valence electrons. The van der Waals surface area contributed by atoms with Crippen molar-refractivity contribution >= 4 is 32.7 Å². The van der Waals surface area contributed by atoms with E-state index < -0.39 is 5.91 Å². The van der Waals surface area contributed by atoms with Crippen LogP contribution in [0.3, 0.4) is 0 Å². The van der Waals surface area contributed by atoms with Gasteiger partial charge in [0.1, 0.15) is 11.7 Å². The zero-order valence-corrected chi connectivity index (χ0v) is 16.4. The number of rotatable bonds is 4. The molecular weight excluding hydrogens is 408 g/mol. The molecule has 0 saturated carbocycles. The summed E-state index contributed by atoms with van der Waals surface area (Å²) in [5, 5.41) is 4.09. The van der Waals surface area contributed by atoms with Crippen molar-refractivity contribution < 1.29 is 9.53 Å². The van der Waals surface area contributed by atoms with E-state index in [9.17, 15) is 9.59 Å². The molecule has 4 rings (SSSR count). The van der Waals surface area contributed by atoms with Gasteiger partial charge in [0.2, 0.25) is 11.3 Å². The van der Waals surface area contributed by atoms with Crippen molar-refractivity contribution in [3.63, 3.8) is 0 Å². The number of benzene rings is 2. The fourth-order valence-corrected chi connectivity index (χ4v) is 3.79. The SMILES string of the molecule is C[C@@H](NC(=O)c1c2n(c3ccccc3c1=O)C[C@@H](CBr)O2)c1ccccc1. The first-order chi connectivity index (χ1) is 13.1. The number of hydrogen-bond acceptors (Lipinski definition) is 3. The van der Waals surface area contributed by atoms with E-state index in [1.807, 2.05) is 60.0 Å². The molecule has 3 aromatic rings. The summed E-state index contributed by atoms with van der Waals surface area (Å²) in [7, 11) is 0. The Balaban J connectivity index is 1.79. The molecule has 0 spiro atoms. The van der Waals surface area contributed by atoms with Crippen LogP contribution in [0.2, 0.25) is 0 Å². The number of para-hydroxylation sites is 1. The van der Waals surface area contributed by atoms with Gasteiger partial charge in [0.25, 0.3) is 5.91 Å². The molecule has 0 aliphatic carbocycles. The second kappa shape index (κ2) is 7.19. The summed E-state index contributed by atoms with van der Waals surface area (Å²) >= 11 is 3.43. The fraction of sp³-hybridized carbons (Fsp3) is 0.238. The van der Waals surface area contributed by atoms with Gasteiger partial charge in [-0.2, -0.15) is 0 Å². The topological polar surface area (TPSA) is 60.3 Å². The second-order valence-electron chi connectivity index (χ2n) is 6.64. The van der Waals surface area contributed by atoms with Crippen molar-refractivity contribution in [1.82, 2.24) is 9.88 Å². The highest BCUT2D eigenvalue weighted by molar-refractivity contribution is 9.09. The second-order valence-corrected chi connectivity index (χ2v) is 7.28. The molecule has 6 heteroatoms. The fourth-order valence-electron chi connectivity index (χ4n) is 3.45. The number of hydrogen-bond donors (Lipinski definition) is 1. The molecule has 27 heavy (non-hydrogen) atoms.